The van der Waals surface area contributed by atoms with Crippen molar-refractivity contribution in [3.8, 4) is 0 Å². The quantitative estimate of drug-likeness (QED) is 0.713. The average molecular weight is 317 g/mol. The molecule has 0 saturated carbocycles. The number of halogens is 1. The Labute approximate surface area is 131 Å². The third kappa shape index (κ3) is 2.58. The van der Waals surface area contributed by atoms with Crippen molar-refractivity contribution in [3.05, 3.63) is 47.0 Å². The third-order valence-electron chi connectivity index (χ3n) is 3.24. The molecular weight excluding hydrogens is 304 g/mol. The first-order valence-corrected chi connectivity index (χ1v) is 6.91. The van der Waals surface area contributed by atoms with E-state index in [2.05, 4.69) is 20.3 Å². The summed E-state index contributed by atoms with van der Waals surface area (Å²) < 4.78 is 1.84. The van der Waals surface area contributed by atoms with Crippen molar-refractivity contribution in [1.82, 2.24) is 19.5 Å². The zero-order chi connectivity index (χ0) is 15.7. The summed E-state index contributed by atoms with van der Waals surface area (Å²) in [4.78, 5) is 23.9. The number of nitrogens with one attached hydrogen (secondary N) is 1. The Morgan fingerprint density at radius 3 is 2.95 bits per heavy atom. The zero-order valence-corrected chi connectivity index (χ0v) is 12.5. The Kier molecular flexibility index (Phi) is 3.64. The van der Waals surface area contributed by atoms with Gasteiger partial charge in [0.05, 0.1) is 12.9 Å². The van der Waals surface area contributed by atoms with E-state index in [1.807, 2.05) is 10.6 Å². The van der Waals surface area contributed by atoms with Crippen LogP contribution >= 0.6 is 11.6 Å². The second-order valence-electron chi connectivity index (χ2n) is 4.70. The number of amides is 1. The lowest BCUT2D eigenvalue weighted by molar-refractivity contribution is 0.1000. The number of carbonyl (C=O) groups excluding carboxylic acids is 1. The van der Waals surface area contributed by atoms with Crippen LogP contribution in [-0.2, 0) is 6.54 Å². The summed E-state index contributed by atoms with van der Waals surface area (Å²) in [6.45, 7) is 0.494. The third-order valence-corrected chi connectivity index (χ3v) is 3.41. The Bertz CT molecular complexity index is 860. The summed E-state index contributed by atoms with van der Waals surface area (Å²) in [6, 6.07) is 7.11. The molecular formula is C14H13ClN6O. The summed E-state index contributed by atoms with van der Waals surface area (Å²) in [5.41, 5.74) is 7.93. The lowest BCUT2D eigenvalue weighted by atomic mass is 10.1. The molecule has 0 unspecified atom stereocenters. The molecule has 8 heteroatoms. The largest absolute Gasteiger partial charge is 0.371 e. The molecule has 1 aromatic carbocycles. The maximum absolute atomic E-state index is 11.3. The van der Waals surface area contributed by atoms with Crippen LogP contribution in [0.5, 0.6) is 0 Å². The van der Waals surface area contributed by atoms with E-state index in [0.29, 0.717) is 29.1 Å². The molecule has 0 aliphatic carbocycles. The van der Waals surface area contributed by atoms with Crippen LogP contribution < -0.4 is 11.1 Å². The van der Waals surface area contributed by atoms with Crippen LogP contribution in [0, 0.1) is 0 Å². The minimum absolute atomic E-state index is 0.143. The second-order valence-corrected chi connectivity index (χ2v) is 5.04. The topological polar surface area (TPSA) is 98.7 Å². The van der Waals surface area contributed by atoms with Gasteiger partial charge in [0, 0.05) is 12.6 Å². The van der Waals surface area contributed by atoms with Crippen LogP contribution in [0.4, 0.5) is 5.82 Å². The fraction of sp³-hybridized carbons (Fsp3) is 0.143. The van der Waals surface area contributed by atoms with E-state index in [1.54, 1.807) is 31.6 Å². The average Bonchev–Trinajstić information content (AvgIpc) is 2.89. The standard InChI is InChI=1S/C14H13ClN6O/c1-17-12-10-13(20-14(15)19-12)21(7-18-10)6-8-3-2-4-9(5-8)11(16)22/h2-5,7H,6H2,1H3,(H2,16,22)(H,17,19,20). The first kappa shape index (κ1) is 14.3. The van der Waals surface area contributed by atoms with Gasteiger partial charge in [-0.2, -0.15) is 9.97 Å². The number of primary amides is 1. The number of carbonyl (C=O) groups is 1. The molecule has 0 fully saturated rings. The molecule has 3 N–H and O–H groups in total. The van der Waals surface area contributed by atoms with Crippen LogP contribution in [0.15, 0.2) is 30.6 Å². The van der Waals surface area contributed by atoms with Crippen molar-refractivity contribution in [3.63, 3.8) is 0 Å². The molecule has 3 aromatic rings. The smallest absolute Gasteiger partial charge is 0.248 e. The number of anilines is 1. The summed E-state index contributed by atoms with van der Waals surface area (Å²) in [6.07, 6.45) is 1.66. The molecule has 2 aromatic heterocycles. The molecule has 22 heavy (non-hydrogen) atoms. The predicted molar refractivity (Wildman–Crippen MR) is 83.9 cm³/mol. The number of nitrogens with two attached hydrogens (primary N) is 1. The number of benzene rings is 1. The maximum atomic E-state index is 11.3. The normalized spacial score (nSPS) is 10.8. The van der Waals surface area contributed by atoms with Crippen molar-refractivity contribution >= 4 is 34.5 Å². The first-order valence-electron chi connectivity index (χ1n) is 6.53. The van der Waals surface area contributed by atoms with Gasteiger partial charge in [0.2, 0.25) is 11.2 Å². The van der Waals surface area contributed by atoms with Crippen LogP contribution in [0.2, 0.25) is 5.28 Å². The Hall–Kier alpha value is -2.67. The molecule has 0 saturated heterocycles. The summed E-state index contributed by atoms with van der Waals surface area (Å²) >= 11 is 5.94. The zero-order valence-electron chi connectivity index (χ0n) is 11.7. The number of fused-ring (bicyclic) bond motifs is 1. The fourth-order valence-corrected chi connectivity index (χ4v) is 2.39. The second kappa shape index (κ2) is 5.61. The summed E-state index contributed by atoms with van der Waals surface area (Å²) in [7, 11) is 1.74. The lowest BCUT2D eigenvalue weighted by Gasteiger charge is -2.06. The lowest BCUT2D eigenvalue weighted by Crippen LogP contribution is -2.11. The summed E-state index contributed by atoms with van der Waals surface area (Å²) in [5, 5.41) is 3.08. The molecule has 3 rings (SSSR count). The summed E-state index contributed by atoms with van der Waals surface area (Å²) in [5.74, 6) is 0.111. The van der Waals surface area contributed by atoms with E-state index >= 15 is 0 Å². The van der Waals surface area contributed by atoms with Gasteiger partial charge in [-0.05, 0) is 29.3 Å². The van der Waals surface area contributed by atoms with Crippen molar-refractivity contribution in [2.75, 3.05) is 12.4 Å². The Morgan fingerprint density at radius 1 is 1.41 bits per heavy atom. The SMILES string of the molecule is CNc1nc(Cl)nc2c1ncn2Cc1cccc(C(N)=O)c1. The van der Waals surface area contributed by atoms with Gasteiger partial charge in [-0.25, -0.2) is 4.98 Å². The fourth-order valence-electron chi connectivity index (χ4n) is 2.23. The van der Waals surface area contributed by atoms with Crippen molar-refractivity contribution in [1.29, 1.82) is 0 Å². The van der Waals surface area contributed by atoms with Crippen LogP contribution in [0.1, 0.15) is 15.9 Å². The maximum Gasteiger partial charge on any atom is 0.248 e. The number of aromatic nitrogens is 4. The predicted octanol–water partition coefficient (Wildman–Crippen LogP) is 1.67. The van der Waals surface area contributed by atoms with Gasteiger partial charge in [0.15, 0.2) is 17.0 Å². The molecule has 0 spiro atoms. The molecule has 112 valence electrons. The minimum atomic E-state index is -0.458. The molecule has 7 nitrogen and oxygen atoms in total. The highest BCUT2D eigenvalue weighted by Crippen LogP contribution is 2.21. The number of rotatable bonds is 4. The van der Waals surface area contributed by atoms with Gasteiger partial charge in [0.1, 0.15) is 0 Å². The van der Waals surface area contributed by atoms with Crippen molar-refractivity contribution in [2.24, 2.45) is 5.73 Å². The van der Waals surface area contributed by atoms with Gasteiger partial charge >= 0.3 is 0 Å². The van der Waals surface area contributed by atoms with Gasteiger partial charge in [0.25, 0.3) is 0 Å². The number of nitrogens with zero attached hydrogens (tertiary/aromatic N) is 4. The Morgan fingerprint density at radius 2 is 2.23 bits per heavy atom. The number of hydrogen-bond acceptors (Lipinski definition) is 5. The van der Waals surface area contributed by atoms with Gasteiger partial charge < -0.3 is 15.6 Å². The molecule has 0 atom stereocenters. The van der Waals surface area contributed by atoms with E-state index in [0.717, 1.165) is 5.56 Å². The van der Waals surface area contributed by atoms with Crippen molar-refractivity contribution in [2.45, 2.75) is 6.54 Å². The van der Waals surface area contributed by atoms with E-state index in [1.165, 1.54) is 0 Å². The van der Waals surface area contributed by atoms with E-state index < -0.39 is 5.91 Å². The monoisotopic (exact) mass is 316 g/mol. The van der Waals surface area contributed by atoms with Crippen LogP contribution in [-0.4, -0.2) is 32.5 Å². The first-order chi connectivity index (χ1) is 10.6. The molecule has 0 radical (unpaired) electrons. The van der Waals surface area contributed by atoms with Crippen molar-refractivity contribution < 1.29 is 4.79 Å². The van der Waals surface area contributed by atoms with Crippen LogP contribution in [0.3, 0.4) is 0 Å². The molecule has 2 heterocycles. The highest BCUT2D eigenvalue weighted by Gasteiger charge is 2.12. The molecule has 0 aliphatic rings. The number of imidazole rings is 1. The van der Waals surface area contributed by atoms with Gasteiger partial charge in [-0.3, -0.25) is 4.79 Å². The van der Waals surface area contributed by atoms with E-state index in [9.17, 15) is 4.79 Å². The van der Waals surface area contributed by atoms with Gasteiger partial charge in [-0.1, -0.05) is 12.1 Å². The molecule has 1 amide bonds. The molecule has 0 bridgehead atoms. The number of hydrogen-bond donors (Lipinski definition) is 2. The van der Waals surface area contributed by atoms with Gasteiger partial charge in [-0.15, -0.1) is 0 Å². The Balaban J connectivity index is 2.03. The van der Waals surface area contributed by atoms with E-state index in [4.69, 9.17) is 17.3 Å². The van der Waals surface area contributed by atoms with E-state index in [-0.39, 0.29) is 5.28 Å². The van der Waals surface area contributed by atoms with Crippen LogP contribution in [0.25, 0.3) is 11.2 Å². The molecule has 0 aliphatic heterocycles. The highest BCUT2D eigenvalue weighted by molar-refractivity contribution is 6.28. The minimum Gasteiger partial charge on any atom is -0.371 e. The highest BCUT2D eigenvalue weighted by atomic mass is 35.5.